The molecule has 2 heterocycles. The Hall–Kier alpha value is -2.46. The van der Waals surface area contributed by atoms with E-state index in [1.807, 2.05) is 27.7 Å². The maximum Gasteiger partial charge on any atom is 0.342 e. The molecule has 0 aromatic heterocycles. The molecule has 10 nitrogen and oxygen atoms in total. The number of aliphatic hydroxyl groups excluding tert-OH is 1. The summed E-state index contributed by atoms with van der Waals surface area (Å²) < 4.78 is 29.4. The van der Waals surface area contributed by atoms with Gasteiger partial charge in [-0.15, -0.1) is 0 Å². The zero-order valence-corrected chi connectivity index (χ0v) is 23.3. The highest BCUT2D eigenvalue weighted by Gasteiger charge is 2.86. The van der Waals surface area contributed by atoms with E-state index in [2.05, 4.69) is 0 Å². The molecule has 0 bridgehead atoms. The molecule has 0 aromatic rings. The number of carbonyl (C=O) groups is 4. The van der Waals surface area contributed by atoms with Gasteiger partial charge in [0.25, 0.3) is 0 Å². The summed E-state index contributed by atoms with van der Waals surface area (Å²) >= 11 is 0. The highest BCUT2D eigenvalue weighted by atomic mass is 16.7. The number of allylic oxidation sites excluding steroid dienone is 1. The van der Waals surface area contributed by atoms with Crippen molar-refractivity contribution in [2.75, 3.05) is 0 Å². The highest BCUT2D eigenvalue weighted by molar-refractivity contribution is 5.88. The zero-order valence-electron chi connectivity index (χ0n) is 23.3. The van der Waals surface area contributed by atoms with Crippen LogP contribution in [0.4, 0.5) is 0 Å². The molecule has 0 aromatic carbocycles. The Morgan fingerprint density at radius 2 is 1.74 bits per heavy atom. The monoisotopic (exact) mass is 536 g/mol. The molecule has 0 unspecified atom stereocenters. The second-order valence-corrected chi connectivity index (χ2v) is 11.7. The van der Waals surface area contributed by atoms with Crippen molar-refractivity contribution in [3.8, 4) is 0 Å². The molecule has 212 valence electrons. The summed E-state index contributed by atoms with van der Waals surface area (Å²) in [7, 11) is 0. The molecule has 38 heavy (non-hydrogen) atoms. The molecule has 1 N–H and O–H groups in total. The molecule has 0 radical (unpaired) electrons. The lowest BCUT2D eigenvalue weighted by Gasteiger charge is -2.56. The lowest BCUT2D eigenvalue weighted by molar-refractivity contribution is -0.230. The predicted molar refractivity (Wildman–Crippen MR) is 132 cm³/mol. The lowest BCUT2D eigenvalue weighted by atomic mass is 9.53. The molecule has 0 amide bonds. The molecule has 2 saturated heterocycles. The molecule has 2 aliphatic carbocycles. The fourth-order valence-electron chi connectivity index (χ4n) is 7.20. The van der Waals surface area contributed by atoms with E-state index < -0.39 is 76.9 Å². The highest BCUT2D eigenvalue weighted by Crippen LogP contribution is 2.65. The van der Waals surface area contributed by atoms with Crippen molar-refractivity contribution >= 4 is 23.9 Å². The molecule has 2 aliphatic heterocycles. The van der Waals surface area contributed by atoms with Gasteiger partial charge >= 0.3 is 23.9 Å². The molecule has 1 saturated carbocycles. The van der Waals surface area contributed by atoms with Crippen molar-refractivity contribution < 1.29 is 48.0 Å². The van der Waals surface area contributed by atoms with Gasteiger partial charge in [0.05, 0.1) is 6.10 Å². The molecule has 4 rings (SSSR count). The minimum absolute atomic E-state index is 0.173. The van der Waals surface area contributed by atoms with Crippen LogP contribution in [0.3, 0.4) is 0 Å². The summed E-state index contributed by atoms with van der Waals surface area (Å²) in [5, 5.41) is 12.3. The number of hydrogen-bond acceptors (Lipinski definition) is 10. The fraction of sp³-hybridized carbons (Fsp3) is 0.786. The maximum absolute atomic E-state index is 12.9. The predicted octanol–water partition coefficient (Wildman–Crippen LogP) is 2.78. The lowest BCUT2D eigenvalue weighted by Crippen LogP contribution is -2.65. The van der Waals surface area contributed by atoms with Gasteiger partial charge < -0.3 is 28.8 Å². The average Bonchev–Trinajstić information content (AvgIpc) is 3.40. The first-order chi connectivity index (χ1) is 17.7. The van der Waals surface area contributed by atoms with Gasteiger partial charge in [-0.1, -0.05) is 26.3 Å². The number of esters is 4. The van der Waals surface area contributed by atoms with Crippen molar-refractivity contribution in [3.05, 3.63) is 11.6 Å². The van der Waals surface area contributed by atoms with Crippen LogP contribution in [0.5, 0.6) is 0 Å². The largest absolute Gasteiger partial charge is 0.462 e. The van der Waals surface area contributed by atoms with Crippen molar-refractivity contribution in [2.24, 2.45) is 17.3 Å². The molecule has 1 spiro atoms. The second kappa shape index (κ2) is 9.93. The summed E-state index contributed by atoms with van der Waals surface area (Å²) in [6, 6.07) is 0. The maximum atomic E-state index is 12.9. The standard InChI is InChI=1S/C28H40O10/c1-8-9-22(31)36-18-13-20(35-17(5)30)26(6)19(34-16(4)29)11-10-14(2)12-21-28(24(32)23(26)15(18)3)27(7,38-28)25(33)37-21/h12,15,18-21,23-24,32H,8-11,13H2,1-7H3/b14-12-/t15-,18-,19-,20-,21-,23+,24-,26-,27-,28-/m1/s1. The Morgan fingerprint density at radius 3 is 2.32 bits per heavy atom. The fourth-order valence-corrected chi connectivity index (χ4v) is 7.20. The number of carbonyl (C=O) groups excluding carboxylic acids is 4. The zero-order chi connectivity index (χ0) is 28.2. The Balaban J connectivity index is 1.89. The molecule has 4 aliphatic rings. The number of rotatable bonds is 5. The van der Waals surface area contributed by atoms with Gasteiger partial charge in [-0.05, 0) is 45.1 Å². The summed E-state index contributed by atoms with van der Waals surface area (Å²) in [6.07, 6.45) is -0.751. The van der Waals surface area contributed by atoms with E-state index in [-0.39, 0.29) is 18.8 Å². The number of aliphatic hydroxyl groups is 1. The minimum atomic E-state index is -1.39. The minimum Gasteiger partial charge on any atom is -0.462 e. The summed E-state index contributed by atoms with van der Waals surface area (Å²) in [4.78, 5) is 50.1. The Labute approximate surface area is 223 Å². The third-order valence-corrected chi connectivity index (χ3v) is 9.20. The van der Waals surface area contributed by atoms with Crippen molar-refractivity contribution in [2.45, 2.75) is 122 Å². The molecular weight excluding hydrogens is 496 g/mol. The average molecular weight is 537 g/mol. The van der Waals surface area contributed by atoms with E-state index in [0.29, 0.717) is 19.3 Å². The van der Waals surface area contributed by atoms with E-state index in [1.165, 1.54) is 13.8 Å². The number of fused-ring (bicyclic) bond motifs is 1. The quantitative estimate of drug-likeness (QED) is 0.242. The molecular formula is C28H40O10. The van der Waals surface area contributed by atoms with Gasteiger partial charge in [-0.2, -0.15) is 0 Å². The van der Waals surface area contributed by atoms with Gasteiger partial charge in [0.1, 0.15) is 18.3 Å². The van der Waals surface area contributed by atoms with Crippen LogP contribution in [0.25, 0.3) is 0 Å². The first-order valence-corrected chi connectivity index (χ1v) is 13.5. The van der Waals surface area contributed by atoms with Crippen molar-refractivity contribution in [1.29, 1.82) is 0 Å². The number of epoxide rings is 1. The van der Waals surface area contributed by atoms with E-state index in [1.54, 1.807) is 13.0 Å². The number of ether oxygens (including phenoxy) is 5. The smallest absolute Gasteiger partial charge is 0.342 e. The van der Waals surface area contributed by atoms with Crippen LogP contribution in [-0.2, 0) is 42.9 Å². The number of hydrogen-bond donors (Lipinski definition) is 1. The molecule has 3 fully saturated rings. The summed E-state index contributed by atoms with van der Waals surface area (Å²) in [5.41, 5.74) is -2.99. The van der Waals surface area contributed by atoms with Gasteiger partial charge in [-0.3, -0.25) is 14.4 Å². The van der Waals surface area contributed by atoms with Crippen LogP contribution in [-0.4, -0.2) is 70.7 Å². The van der Waals surface area contributed by atoms with Crippen molar-refractivity contribution in [1.82, 2.24) is 0 Å². The second-order valence-electron chi connectivity index (χ2n) is 11.7. The molecule has 10 heteroatoms. The van der Waals surface area contributed by atoms with E-state index >= 15 is 0 Å². The first-order valence-electron chi connectivity index (χ1n) is 13.5. The van der Waals surface area contributed by atoms with Crippen LogP contribution in [0.15, 0.2) is 11.6 Å². The van der Waals surface area contributed by atoms with Gasteiger partial charge in [0.2, 0.25) is 0 Å². The van der Waals surface area contributed by atoms with E-state index in [9.17, 15) is 24.3 Å². The van der Waals surface area contributed by atoms with Crippen LogP contribution in [0.2, 0.25) is 0 Å². The third-order valence-electron chi connectivity index (χ3n) is 9.20. The van der Waals surface area contributed by atoms with Crippen molar-refractivity contribution in [3.63, 3.8) is 0 Å². The Morgan fingerprint density at radius 1 is 1.11 bits per heavy atom. The van der Waals surface area contributed by atoms with Gasteiger partial charge in [-0.25, -0.2) is 4.79 Å². The van der Waals surface area contributed by atoms with Gasteiger partial charge in [0.15, 0.2) is 17.3 Å². The summed E-state index contributed by atoms with van der Waals surface area (Å²) in [5.74, 6) is -3.23. The SMILES string of the molecule is CCCC(=O)O[C@@H]1C[C@@H](OC(C)=O)[C@]2(C)[C@@H]([C@@H]1C)[C@@H](O)[C@@]13O[C@]1(C)C(=O)O[C@@H]3/C=C(/C)CC[C@H]2OC(C)=O. The topological polar surface area (TPSA) is 138 Å². The van der Waals surface area contributed by atoms with Gasteiger partial charge in [0, 0.05) is 38.0 Å². The van der Waals surface area contributed by atoms with Crippen LogP contribution in [0, 0.1) is 17.3 Å². The van der Waals surface area contributed by atoms with Crippen LogP contribution < -0.4 is 0 Å². The summed E-state index contributed by atoms with van der Waals surface area (Å²) in [6.45, 7) is 11.7. The first kappa shape index (κ1) is 28.5. The Bertz CT molecular complexity index is 1040. The van der Waals surface area contributed by atoms with Crippen LogP contribution in [0.1, 0.15) is 80.6 Å². The molecule has 10 atom stereocenters. The van der Waals surface area contributed by atoms with E-state index in [0.717, 1.165) is 5.57 Å². The third kappa shape index (κ3) is 4.33. The van der Waals surface area contributed by atoms with E-state index in [4.69, 9.17) is 23.7 Å². The Kier molecular flexibility index (Phi) is 7.46. The van der Waals surface area contributed by atoms with Crippen LogP contribution >= 0.6 is 0 Å². The normalized spacial score (nSPS) is 45.2.